The Hall–Kier alpha value is -2.57. The van der Waals surface area contributed by atoms with E-state index in [1.54, 1.807) is 13.1 Å². The second kappa shape index (κ2) is 6.14. The Bertz CT molecular complexity index is 718. The molecule has 3 rings (SSSR count). The summed E-state index contributed by atoms with van der Waals surface area (Å²) in [6, 6.07) is 5.62. The molecule has 1 aliphatic heterocycles. The van der Waals surface area contributed by atoms with Crippen molar-refractivity contribution in [2.24, 2.45) is 21.5 Å². The summed E-state index contributed by atoms with van der Waals surface area (Å²) >= 11 is 0. The topological polar surface area (TPSA) is 109 Å². The molecule has 0 atom stereocenters. The van der Waals surface area contributed by atoms with E-state index < -0.39 is 5.66 Å². The Morgan fingerprint density at radius 3 is 2.62 bits per heavy atom. The fourth-order valence-corrected chi connectivity index (χ4v) is 3.72. The van der Waals surface area contributed by atoms with Crippen LogP contribution in [0.4, 0.5) is 5.69 Å². The Balaban J connectivity index is 2.13. The molecule has 0 radical (unpaired) electrons. The molecule has 1 amide bonds. The predicted molar refractivity (Wildman–Crippen MR) is 96.1 cm³/mol. The summed E-state index contributed by atoms with van der Waals surface area (Å²) in [7, 11) is 1.62. The maximum atomic E-state index is 12.1. The van der Waals surface area contributed by atoms with Gasteiger partial charge in [0, 0.05) is 18.3 Å². The van der Waals surface area contributed by atoms with Crippen molar-refractivity contribution in [2.75, 3.05) is 11.9 Å². The normalized spacial score (nSPS) is 19.7. The predicted octanol–water partition coefficient (Wildman–Crippen LogP) is 1.46. The highest BCUT2D eigenvalue weighted by Crippen LogP contribution is 2.40. The monoisotopic (exact) mass is 328 g/mol. The van der Waals surface area contributed by atoms with Crippen molar-refractivity contribution < 1.29 is 4.79 Å². The minimum absolute atomic E-state index is 0.123. The highest BCUT2D eigenvalue weighted by molar-refractivity contribution is 6.07. The van der Waals surface area contributed by atoms with Crippen LogP contribution in [0.1, 0.15) is 48.0 Å². The number of nitrogens with one attached hydrogen (secondary N) is 1. The van der Waals surface area contributed by atoms with Gasteiger partial charge in [-0.25, -0.2) is 4.99 Å². The maximum absolute atomic E-state index is 12.1. The fourth-order valence-electron chi connectivity index (χ4n) is 3.72. The fraction of sp³-hybridized carbons (Fsp3) is 0.471. The molecule has 128 valence electrons. The van der Waals surface area contributed by atoms with E-state index in [2.05, 4.69) is 15.3 Å². The average molecular weight is 328 g/mol. The van der Waals surface area contributed by atoms with E-state index in [4.69, 9.17) is 11.5 Å². The van der Waals surface area contributed by atoms with E-state index in [1.165, 1.54) is 6.42 Å². The third-order valence-electron chi connectivity index (χ3n) is 4.87. The first-order chi connectivity index (χ1) is 11.5. The Morgan fingerprint density at radius 2 is 1.96 bits per heavy atom. The van der Waals surface area contributed by atoms with E-state index in [-0.39, 0.29) is 11.9 Å². The first kappa shape index (κ1) is 16.3. The van der Waals surface area contributed by atoms with Gasteiger partial charge in [0.2, 0.25) is 11.9 Å². The van der Waals surface area contributed by atoms with Crippen LogP contribution in [0.15, 0.2) is 28.2 Å². The molecule has 2 aliphatic rings. The zero-order valence-corrected chi connectivity index (χ0v) is 14.2. The zero-order chi connectivity index (χ0) is 17.3. The molecule has 0 unspecified atom stereocenters. The second-order valence-electron chi connectivity index (χ2n) is 6.35. The van der Waals surface area contributed by atoms with Crippen LogP contribution in [0.25, 0.3) is 0 Å². The van der Waals surface area contributed by atoms with Crippen LogP contribution in [0.5, 0.6) is 0 Å². The number of guanidine groups is 2. The molecule has 7 heteroatoms. The molecule has 1 aromatic carbocycles. The number of nitrogens with zero attached hydrogens (tertiary/aromatic N) is 3. The Labute approximate surface area is 141 Å². The SMILES string of the molecule is CNC(=O)c1cccc(N2C(N)=NC(N)=NC23CCCCC3)c1C. The molecule has 1 aliphatic carbocycles. The number of aliphatic imine (C=N–C) groups is 2. The lowest BCUT2D eigenvalue weighted by Gasteiger charge is -2.46. The van der Waals surface area contributed by atoms with Crippen molar-refractivity contribution in [3.63, 3.8) is 0 Å². The van der Waals surface area contributed by atoms with Gasteiger partial charge in [-0.3, -0.25) is 9.69 Å². The van der Waals surface area contributed by atoms with E-state index in [9.17, 15) is 4.79 Å². The standard InChI is InChI=1S/C17H24N6O/c1-11-12(14(24)20-2)7-6-8-13(11)23-16(19)21-15(18)22-17(23)9-4-3-5-10-17/h6-8H,3-5,9-10H2,1-2H3,(H,20,24)(H4,18,19,21,22). The maximum Gasteiger partial charge on any atom is 0.251 e. The van der Waals surface area contributed by atoms with Crippen molar-refractivity contribution in [1.82, 2.24) is 5.32 Å². The number of amides is 1. The summed E-state index contributed by atoms with van der Waals surface area (Å²) < 4.78 is 0. The van der Waals surface area contributed by atoms with Gasteiger partial charge >= 0.3 is 0 Å². The Morgan fingerprint density at radius 1 is 1.25 bits per heavy atom. The summed E-state index contributed by atoms with van der Waals surface area (Å²) in [6.07, 6.45) is 5.05. The van der Waals surface area contributed by atoms with Crippen LogP contribution in [0.3, 0.4) is 0 Å². The van der Waals surface area contributed by atoms with Crippen LogP contribution in [0, 0.1) is 6.92 Å². The first-order valence-electron chi connectivity index (χ1n) is 8.30. The van der Waals surface area contributed by atoms with Gasteiger partial charge in [0.05, 0.1) is 0 Å². The third kappa shape index (κ3) is 2.60. The highest BCUT2D eigenvalue weighted by Gasteiger charge is 2.43. The minimum atomic E-state index is -0.500. The van der Waals surface area contributed by atoms with E-state index in [0.29, 0.717) is 11.5 Å². The van der Waals surface area contributed by atoms with Gasteiger partial charge < -0.3 is 16.8 Å². The van der Waals surface area contributed by atoms with Gasteiger partial charge in [0.15, 0.2) is 0 Å². The number of anilines is 1. The molecule has 1 aromatic rings. The quantitative estimate of drug-likeness (QED) is 0.763. The molecule has 1 heterocycles. The number of carbonyl (C=O) groups is 1. The molecular formula is C17H24N6O. The zero-order valence-electron chi connectivity index (χ0n) is 14.2. The van der Waals surface area contributed by atoms with Crippen molar-refractivity contribution in [1.29, 1.82) is 0 Å². The van der Waals surface area contributed by atoms with Crippen molar-refractivity contribution >= 4 is 23.5 Å². The van der Waals surface area contributed by atoms with E-state index >= 15 is 0 Å². The summed E-state index contributed by atoms with van der Waals surface area (Å²) in [5.41, 5.74) is 14.0. The van der Waals surface area contributed by atoms with Gasteiger partial charge in [-0.05, 0) is 50.3 Å². The summed E-state index contributed by atoms with van der Waals surface area (Å²) in [4.78, 5) is 22.9. The van der Waals surface area contributed by atoms with Crippen LogP contribution < -0.4 is 21.7 Å². The van der Waals surface area contributed by atoms with Crippen molar-refractivity contribution in [3.8, 4) is 0 Å². The van der Waals surface area contributed by atoms with Gasteiger partial charge in [-0.1, -0.05) is 12.5 Å². The minimum Gasteiger partial charge on any atom is -0.369 e. The van der Waals surface area contributed by atoms with Crippen LogP contribution in [0.2, 0.25) is 0 Å². The smallest absolute Gasteiger partial charge is 0.251 e. The molecule has 0 aromatic heterocycles. The lowest BCUT2D eigenvalue weighted by Crippen LogP contribution is -2.58. The van der Waals surface area contributed by atoms with Crippen LogP contribution in [-0.4, -0.2) is 30.5 Å². The Kier molecular flexibility index (Phi) is 4.17. The van der Waals surface area contributed by atoms with Gasteiger partial charge in [-0.15, -0.1) is 0 Å². The van der Waals surface area contributed by atoms with Gasteiger partial charge in [0.1, 0.15) is 5.66 Å². The lowest BCUT2D eigenvalue weighted by molar-refractivity contribution is 0.0962. The van der Waals surface area contributed by atoms with Gasteiger partial charge in [-0.2, -0.15) is 4.99 Å². The number of hydrogen-bond donors (Lipinski definition) is 3. The van der Waals surface area contributed by atoms with Gasteiger partial charge in [0.25, 0.3) is 5.91 Å². The summed E-state index contributed by atoms with van der Waals surface area (Å²) in [5, 5.41) is 2.68. The molecule has 0 saturated heterocycles. The second-order valence-corrected chi connectivity index (χ2v) is 6.35. The molecule has 7 nitrogen and oxygen atoms in total. The third-order valence-corrected chi connectivity index (χ3v) is 4.87. The molecule has 24 heavy (non-hydrogen) atoms. The summed E-state index contributed by atoms with van der Waals surface area (Å²) in [6.45, 7) is 1.92. The number of rotatable bonds is 2. The van der Waals surface area contributed by atoms with E-state index in [1.807, 2.05) is 24.0 Å². The first-order valence-corrected chi connectivity index (χ1v) is 8.30. The number of nitrogens with two attached hydrogens (primary N) is 2. The molecule has 1 saturated carbocycles. The largest absolute Gasteiger partial charge is 0.369 e. The van der Waals surface area contributed by atoms with Crippen LogP contribution in [-0.2, 0) is 0 Å². The molecule has 5 N–H and O–H groups in total. The lowest BCUT2D eigenvalue weighted by atomic mass is 9.86. The summed E-state index contributed by atoms with van der Waals surface area (Å²) in [5.74, 6) is 0.440. The average Bonchev–Trinajstić information content (AvgIpc) is 2.55. The molecule has 1 spiro atoms. The highest BCUT2D eigenvalue weighted by atomic mass is 16.1. The molecule has 0 bridgehead atoms. The van der Waals surface area contributed by atoms with Crippen LogP contribution >= 0.6 is 0 Å². The molecule has 1 fully saturated rings. The molecular weight excluding hydrogens is 304 g/mol. The van der Waals surface area contributed by atoms with E-state index in [0.717, 1.165) is 36.9 Å². The van der Waals surface area contributed by atoms with Crippen molar-refractivity contribution in [2.45, 2.75) is 44.7 Å². The van der Waals surface area contributed by atoms with Crippen molar-refractivity contribution in [3.05, 3.63) is 29.3 Å². The number of carbonyl (C=O) groups excluding carboxylic acids is 1. The number of benzene rings is 1. The number of hydrogen-bond acceptors (Lipinski definition) is 6.